The Hall–Kier alpha value is -6.04. The topological polar surface area (TPSA) is 233 Å². The summed E-state index contributed by atoms with van der Waals surface area (Å²) in [5, 5.41) is 22.5. The number of carbonyl (C=O) groups is 5. The van der Waals surface area contributed by atoms with Gasteiger partial charge in [-0.3, -0.25) is 24.0 Å². The maximum atomic E-state index is 15.2. The molecule has 4 amide bonds. The normalized spacial score (nSPS) is 18.1. The number of aromatic nitrogens is 2. The Labute approximate surface area is 325 Å². The molecule has 3 atom stereocenters. The number of amides is 4. The van der Waals surface area contributed by atoms with Crippen molar-refractivity contribution in [2.75, 3.05) is 26.4 Å². The maximum absolute atomic E-state index is 15.2. The second kappa shape index (κ2) is 15.8. The van der Waals surface area contributed by atoms with Gasteiger partial charge in [0, 0.05) is 29.0 Å². The Morgan fingerprint density at radius 3 is 2.60 bits per heavy atom. The van der Waals surface area contributed by atoms with E-state index >= 15 is 4.39 Å². The van der Waals surface area contributed by atoms with Crippen LogP contribution in [0.1, 0.15) is 64.8 Å². The number of rotatable bonds is 13. The van der Waals surface area contributed by atoms with Gasteiger partial charge >= 0.3 is 5.97 Å². The molecule has 0 spiro atoms. The van der Waals surface area contributed by atoms with E-state index in [1.54, 1.807) is 44.2 Å². The zero-order chi connectivity index (χ0) is 40.6. The predicted octanol–water partition coefficient (Wildman–Crippen LogP) is 0.523. The SMILES string of the molecule is CC[C@@]1(O)C(=O)OCc2c1cc1n(c2=O)Cc2c-1nc1cc(F)c(C)c3c1c2C(NC(=O)COCNC(=O)CNC(=O)[C@H](Cc1ccccc1)NC(=O)CN)CC3. The van der Waals surface area contributed by atoms with Gasteiger partial charge in [0.1, 0.15) is 31.8 Å². The van der Waals surface area contributed by atoms with Crippen LogP contribution in [0.25, 0.3) is 22.3 Å². The zero-order valence-corrected chi connectivity index (χ0v) is 31.3. The first kappa shape index (κ1) is 39.2. The number of aryl methyl sites for hydroxylation is 1. The van der Waals surface area contributed by atoms with Crippen molar-refractivity contribution in [1.29, 1.82) is 0 Å². The number of aliphatic hydroxyl groups is 1. The number of halogens is 1. The van der Waals surface area contributed by atoms with Gasteiger partial charge in [0.2, 0.25) is 23.6 Å². The van der Waals surface area contributed by atoms with Gasteiger partial charge in [0.15, 0.2) is 5.60 Å². The van der Waals surface area contributed by atoms with Crippen LogP contribution in [0.5, 0.6) is 0 Å². The van der Waals surface area contributed by atoms with Crippen LogP contribution in [0.2, 0.25) is 0 Å². The molecule has 2 aromatic heterocycles. The third-order valence-electron chi connectivity index (χ3n) is 10.9. The van der Waals surface area contributed by atoms with Crippen LogP contribution >= 0.6 is 0 Å². The van der Waals surface area contributed by atoms with Crippen molar-refractivity contribution in [1.82, 2.24) is 30.8 Å². The fraction of sp³-hybridized carbons (Fsp3) is 0.375. The minimum atomic E-state index is -2.02. The van der Waals surface area contributed by atoms with Crippen LogP contribution in [-0.4, -0.2) is 76.7 Å². The molecule has 0 radical (unpaired) electrons. The summed E-state index contributed by atoms with van der Waals surface area (Å²) >= 11 is 0. The minimum absolute atomic E-state index is 0.0264. The summed E-state index contributed by atoms with van der Waals surface area (Å²) in [5.74, 6) is -3.51. The first-order chi connectivity index (χ1) is 27.3. The van der Waals surface area contributed by atoms with Crippen molar-refractivity contribution in [2.24, 2.45) is 5.73 Å². The van der Waals surface area contributed by atoms with E-state index in [-0.39, 0.29) is 50.4 Å². The highest BCUT2D eigenvalue weighted by atomic mass is 19.1. The number of cyclic esters (lactones) is 1. The summed E-state index contributed by atoms with van der Waals surface area (Å²) < 4.78 is 27.4. The molecule has 4 aromatic rings. The summed E-state index contributed by atoms with van der Waals surface area (Å²) in [6, 6.07) is 10.4. The molecule has 3 aliphatic rings. The molecule has 4 heterocycles. The molecule has 57 heavy (non-hydrogen) atoms. The fourth-order valence-corrected chi connectivity index (χ4v) is 7.88. The third kappa shape index (κ3) is 7.36. The fourth-order valence-electron chi connectivity index (χ4n) is 7.88. The molecule has 1 unspecified atom stereocenters. The molecule has 2 aromatic carbocycles. The molecule has 2 aliphatic heterocycles. The van der Waals surface area contributed by atoms with Gasteiger partial charge in [-0.1, -0.05) is 37.3 Å². The Morgan fingerprint density at radius 2 is 1.86 bits per heavy atom. The number of benzene rings is 2. The number of esters is 1. The lowest BCUT2D eigenvalue weighted by Gasteiger charge is -2.31. The number of nitrogens with one attached hydrogen (secondary N) is 4. The standard InChI is InChI=1S/C40H42FN7O9/c1-3-40(55)25-12-30-36-23(16-48(30)38(53)24(25)17-57-39(40)54)35-27(10-9-22-20(2)26(41)13-28(47-36)34(22)35)45-33(51)18-56-19-44-32(50)15-43-37(52)29(46-31(49)14-42)11-21-7-5-4-6-8-21/h4-8,12-13,27,29,55H,3,9-11,14-19,42H2,1-2H3,(H,43,52)(H,44,50)(H,45,51)(H,46,49)/t27?,29-,40-/m0/s1. The predicted molar refractivity (Wildman–Crippen MR) is 202 cm³/mol. The molecule has 7 N–H and O–H groups in total. The monoisotopic (exact) mass is 783 g/mol. The van der Waals surface area contributed by atoms with E-state index in [1.807, 2.05) is 6.07 Å². The number of hydrogen-bond donors (Lipinski definition) is 6. The number of nitrogens with zero attached hydrogens (tertiary/aromatic N) is 2. The number of nitrogens with two attached hydrogens (primary N) is 1. The quantitative estimate of drug-likeness (QED) is 0.0548. The largest absolute Gasteiger partial charge is 0.458 e. The molecule has 298 valence electrons. The summed E-state index contributed by atoms with van der Waals surface area (Å²) in [5.41, 5.74) is 7.66. The van der Waals surface area contributed by atoms with Crippen molar-refractivity contribution in [3.05, 3.63) is 97.6 Å². The average Bonchev–Trinajstić information content (AvgIpc) is 3.58. The van der Waals surface area contributed by atoms with E-state index in [9.17, 15) is 33.9 Å². The van der Waals surface area contributed by atoms with Crippen LogP contribution < -0.4 is 32.6 Å². The number of carbonyl (C=O) groups excluding carboxylic acids is 5. The molecule has 0 fully saturated rings. The van der Waals surface area contributed by atoms with Crippen LogP contribution in [0.3, 0.4) is 0 Å². The second-order valence-electron chi connectivity index (χ2n) is 14.3. The van der Waals surface area contributed by atoms with Crippen LogP contribution in [-0.2, 0) is 65.0 Å². The van der Waals surface area contributed by atoms with Crippen LogP contribution in [0.15, 0.2) is 47.3 Å². The van der Waals surface area contributed by atoms with Gasteiger partial charge < -0.3 is 46.1 Å². The minimum Gasteiger partial charge on any atom is -0.458 e. The van der Waals surface area contributed by atoms with E-state index in [2.05, 4.69) is 21.3 Å². The smallest absolute Gasteiger partial charge is 0.343 e. The van der Waals surface area contributed by atoms with Crippen molar-refractivity contribution < 1.29 is 42.9 Å². The lowest BCUT2D eigenvalue weighted by molar-refractivity contribution is -0.172. The molecule has 0 saturated heterocycles. The van der Waals surface area contributed by atoms with E-state index in [1.165, 1.54) is 10.6 Å². The van der Waals surface area contributed by atoms with Crippen molar-refractivity contribution >= 4 is 40.5 Å². The van der Waals surface area contributed by atoms with Gasteiger partial charge in [-0.15, -0.1) is 0 Å². The van der Waals surface area contributed by atoms with Gasteiger partial charge in [-0.05, 0) is 54.5 Å². The van der Waals surface area contributed by atoms with Crippen molar-refractivity contribution in [3.63, 3.8) is 0 Å². The summed E-state index contributed by atoms with van der Waals surface area (Å²) in [4.78, 5) is 81.9. The molecule has 7 rings (SSSR count). The highest BCUT2D eigenvalue weighted by Crippen LogP contribution is 2.46. The lowest BCUT2D eigenvalue weighted by atomic mass is 9.81. The molecule has 17 heteroatoms. The molecular formula is C40H42FN7O9. The first-order valence-corrected chi connectivity index (χ1v) is 18.6. The van der Waals surface area contributed by atoms with Gasteiger partial charge in [0.05, 0.1) is 48.1 Å². The Morgan fingerprint density at radius 1 is 1.09 bits per heavy atom. The van der Waals surface area contributed by atoms with Gasteiger partial charge in [0.25, 0.3) is 5.56 Å². The first-order valence-electron chi connectivity index (χ1n) is 18.6. The van der Waals surface area contributed by atoms with E-state index in [4.69, 9.17) is 20.2 Å². The Bertz CT molecular complexity index is 2390. The molecule has 0 bridgehead atoms. The van der Waals surface area contributed by atoms with Crippen LogP contribution in [0, 0.1) is 12.7 Å². The molecule has 0 saturated carbocycles. The van der Waals surface area contributed by atoms with E-state index in [0.29, 0.717) is 51.8 Å². The number of fused-ring (bicyclic) bond motifs is 5. The van der Waals surface area contributed by atoms with Gasteiger partial charge in [-0.25, -0.2) is 14.2 Å². The van der Waals surface area contributed by atoms with Crippen LogP contribution in [0.4, 0.5) is 4.39 Å². The Kier molecular flexibility index (Phi) is 10.9. The van der Waals surface area contributed by atoms with Gasteiger partial charge in [-0.2, -0.15) is 0 Å². The van der Waals surface area contributed by atoms with Crippen molar-refractivity contribution in [3.8, 4) is 11.4 Å². The zero-order valence-electron chi connectivity index (χ0n) is 31.3. The molecule has 1 aliphatic carbocycles. The Balaban J connectivity index is 1.03. The second-order valence-corrected chi connectivity index (χ2v) is 14.3. The summed E-state index contributed by atoms with van der Waals surface area (Å²) in [7, 11) is 0. The summed E-state index contributed by atoms with van der Waals surface area (Å²) in [6.45, 7) is 1.58. The lowest BCUT2D eigenvalue weighted by Crippen LogP contribution is -2.51. The number of pyridine rings is 2. The molecular weight excluding hydrogens is 741 g/mol. The van der Waals surface area contributed by atoms with E-state index < -0.39 is 71.8 Å². The third-order valence-corrected chi connectivity index (χ3v) is 10.9. The summed E-state index contributed by atoms with van der Waals surface area (Å²) in [6.07, 6.45) is 1.000. The molecule has 16 nitrogen and oxygen atoms in total. The average molecular weight is 784 g/mol. The highest BCUT2D eigenvalue weighted by Gasteiger charge is 2.46. The number of ether oxygens (including phenoxy) is 2. The highest BCUT2D eigenvalue weighted by molar-refractivity contribution is 5.94. The number of hydrogen-bond acceptors (Lipinski definition) is 11. The van der Waals surface area contributed by atoms with Crippen molar-refractivity contribution in [2.45, 2.75) is 70.4 Å². The van der Waals surface area contributed by atoms with E-state index in [0.717, 1.165) is 11.1 Å². The maximum Gasteiger partial charge on any atom is 0.343 e.